The number of carbonyl (C=O) groups is 2. The Morgan fingerprint density at radius 1 is 1.25 bits per heavy atom. The SMILES string of the molecule is O=C(c1ccc(OC2CCOCC2)cc1)N1CCC(F)(C(=O)O)C1. The van der Waals surface area contributed by atoms with Crippen molar-refractivity contribution in [2.45, 2.75) is 31.0 Å². The summed E-state index contributed by atoms with van der Waals surface area (Å²) < 4.78 is 25.2. The Balaban J connectivity index is 1.61. The Kier molecular flexibility index (Phi) is 4.71. The molecule has 2 fully saturated rings. The molecule has 1 unspecified atom stereocenters. The number of carboxylic acids is 1. The number of amides is 1. The average molecular weight is 337 g/mol. The van der Waals surface area contributed by atoms with Crippen LogP contribution in [0.3, 0.4) is 0 Å². The quantitative estimate of drug-likeness (QED) is 0.908. The highest BCUT2D eigenvalue weighted by molar-refractivity contribution is 5.95. The van der Waals surface area contributed by atoms with Gasteiger partial charge in [-0.15, -0.1) is 0 Å². The van der Waals surface area contributed by atoms with Crippen LogP contribution in [0, 0.1) is 0 Å². The van der Waals surface area contributed by atoms with Crippen molar-refractivity contribution >= 4 is 11.9 Å². The van der Waals surface area contributed by atoms with Crippen LogP contribution in [0.2, 0.25) is 0 Å². The number of ether oxygens (including phenoxy) is 2. The lowest BCUT2D eigenvalue weighted by Crippen LogP contribution is -2.38. The molecule has 0 radical (unpaired) electrons. The van der Waals surface area contributed by atoms with Gasteiger partial charge in [0.15, 0.2) is 0 Å². The lowest BCUT2D eigenvalue weighted by molar-refractivity contribution is -0.149. The van der Waals surface area contributed by atoms with Crippen molar-refractivity contribution in [1.82, 2.24) is 4.90 Å². The van der Waals surface area contributed by atoms with E-state index in [1.807, 2.05) is 0 Å². The van der Waals surface area contributed by atoms with Crippen molar-refractivity contribution in [2.24, 2.45) is 0 Å². The maximum absolute atomic E-state index is 14.1. The van der Waals surface area contributed by atoms with Gasteiger partial charge in [-0.2, -0.15) is 0 Å². The molecule has 24 heavy (non-hydrogen) atoms. The van der Waals surface area contributed by atoms with Crippen LogP contribution < -0.4 is 4.74 Å². The number of nitrogens with zero attached hydrogens (tertiary/aromatic N) is 1. The van der Waals surface area contributed by atoms with E-state index in [0.717, 1.165) is 12.8 Å². The zero-order chi connectivity index (χ0) is 17.2. The maximum atomic E-state index is 14.1. The molecule has 130 valence electrons. The molecule has 2 aliphatic rings. The Bertz CT molecular complexity index is 614. The number of rotatable bonds is 4. The summed E-state index contributed by atoms with van der Waals surface area (Å²) in [4.78, 5) is 24.5. The Morgan fingerprint density at radius 3 is 2.50 bits per heavy atom. The second kappa shape index (κ2) is 6.76. The van der Waals surface area contributed by atoms with E-state index in [0.29, 0.717) is 24.5 Å². The smallest absolute Gasteiger partial charge is 0.343 e. The van der Waals surface area contributed by atoms with Crippen LogP contribution in [0.25, 0.3) is 0 Å². The molecule has 1 amide bonds. The molecule has 7 heteroatoms. The molecule has 2 heterocycles. The summed E-state index contributed by atoms with van der Waals surface area (Å²) in [6, 6.07) is 6.66. The van der Waals surface area contributed by atoms with Gasteiger partial charge in [-0.1, -0.05) is 0 Å². The molecule has 3 rings (SSSR count). The van der Waals surface area contributed by atoms with Crippen LogP contribution in [0.1, 0.15) is 29.6 Å². The van der Waals surface area contributed by atoms with E-state index in [1.165, 1.54) is 4.90 Å². The van der Waals surface area contributed by atoms with Crippen molar-refractivity contribution in [1.29, 1.82) is 0 Å². The fourth-order valence-electron chi connectivity index (χ4n) is 2.97. The predicted octanol–water partition coefficient (Wildman–Crippen LogP) is 1.88. The molecule has 1 atom stereocenters. The number of benzene rings is 1. The summed E-state index contributed by atoms with van der Waals surface area (Å²) in [5.41, 5.74) is -1.95. The van der Waals surface area contributed by atoms with Crippen molar-refractivity contribution in [3.05, 3.63) is 29.8 Å². The minimum atomic E-state index is -2.35. The lowest BCUT2D eigenvalue weighted by atomic mass is 10.1. The number of hydrogen-bond acceptors (Lipinski definition) is 4. The zero-order valence-corrected chi connectivity index (χ0v) is 13.2. The predicted molar refractivity (Wildman–Crippen MR) is 82.9 cm³/mol. The van der Waals surface area contributed by atoms with E-state index < -0.39 is 18.2 Å². The standard InChI is InChI=1S/C17H20FNO5/c18-17(16(21)22)7-8-19(11-17)15(20)12-1-3-13(4-2-12)24-14-5-9-23-10-6-14/h1-4,14H,5-11H2,(H,21,22). The molecular formula is C17H20FNO5. The van der Waals surface area contributed by atoms with Crippen molar-refractivity contribution in [3.8, 4) is 5.75 Å². The van der Waals surface area contributed by atoms with Crippen molar-refractivity contribution in [2.75, 3.05) is 26.3 Å². The van der Waals surface area contributed by atoms with Crippen LogP contribution in [0.15, 0.2) is 24.3 Å². The second-order valence-corrected chi connectivity index (χ2v) is 6.20. The average Bonchev–Trinajstić information content (AvgIpc) is 3.00. The number of likely N-dealkylation sites (tertiary alicyclic amines) is 1. The van der Waals surface area contributed by atoms with Crippen molar-refractivity contribution < 1.29 is 28.6 Å². The number of alkyl halides is 1. The number of carbonyl (C=O) groups excluding carboxylic acids is 1. The number of carboxylic acid groups (broad SMARTS) is 1. The number of aliphatic carboxylic acids is 1. The van der Waals surface area contributed by atoms with Gasteiger partial charge in [0.1, 0.15) is 11.9 Å². The van der Waals surface area contributed by atoms with E-state index in [-0.39, 0.29) is 25.0 Å². The van der Waals surface area contributed by atoms with Crippen molar-refractivity contribution in [3.63, 3.8) is 0 Å². The topological polar surface area (TPSA) is 76.1 Å². The highest BCUT2D eigenvalue weighted by Gasteiger charge is 2.46. The van der Waals surface area contributed by atoms with Gasteiger partial charge < -0.3 is 19.5 Å². The van der Waals surface area contributed by atoms with Crippen LogP contribution >= 0.6 is 0 Å². The van der Waals surface area contributed by atoms with Crippen LogP contribution in [-0.2, 0) is 9.53 Å². The maximum Gasteiger partial charge on any atom is 0.343 e. The van der Waals surface area contributed by atoms with E-state index in [4.69, 9.17) is 14.6 Å². The summed E-state index contributed by atoms with van der Waals surface area (Å²) >= 11 is 0. The Hall–Kier alpha value is -2.15. The molecule has 0 aliphatic carbocycles. The molecule has 1 aromatic rings. The van der Waals surface area contributed by atoms with Gasteiger partial charge >= 0.3 is 5.97 Å². The van der Waals surface area contributed by atoms with Gasteiger partial charge in [0.25, 0.3) is 5.91 Å². The number of hydrogen-bond donors (Lipinski definition) is 1. The third-order valence-corrected chi connectivity index (χ3v) is 4.46. The van der Waals surface area contributed by atoms with E-state index in [1.54, 1.807) is 24.3 Å². The summed E-state index contributed by atoms with van der Waals surface area (Å²) in [5.74, 6) is -1.21. The van der Waals surface area contributed by atoms with Crippen LogP contribution in [0.5, 0.6) is 5.75 Å². The molecule has 0 saturated carbocycles. The summed E-state index contributed by atoms with van der Waals surface area (Å²) in [6.45, 7) is 1.05. The second-order valence-electron chi connectivity index (χ2n) is 6.20. The molecule has 2 saturated heterocycles. The van der Waals surface area contributed by atoms with Gasteiger partial charge in [0.2, 0.25) is 5.67 Å². The van der Waals surface area contributed by atoms with E-state index in [9.17, 15) is 14.0 Å². The first-order chi connectivity index (χ1) is 11.5. The minimum Gasteiger partial charge on any atom is -0.490 e. The highest BCUT2D eigenvalue weighted by atomic mass is 19.1. The Labute approximate surface area is 139 Å². The molecular weight excluding hydrogens is 317 g/mol. The van der Waals surface area contributed by atoms with Crippen LogP contribution in [0.4, 0.5) is 4.39 Å². The number of halogens is 1. The van der Waals surface area contributed by atoms with Gasteiger partial charge in [-0.05, 0) is 24.3 Å². The minimum absolute atomic E-state index is 0.0992. The van der Waals surface area contributed by atoms with E-state index in [2.05, 4.69) is 0 Å². The fourth-order valence-corrected chi connectivity index (χ4v) is 2.97. The molecule has 0 bridgehead atoms. The molecule has 6 nitrogen and oxygen atoms in total. The molecule has 0 aromatic heterocycles. The normalized spacial score (nSPS) is 24.8. The van der Waals surface area contributed by atoms with Gasteiger partial charge in [-0.3, -0.25) is 4.79 Å². The first kappa shape index (κ1) is 16.7. The first-order valence-electron chi connectivity index (χ1n) is 8.04. The fraction of sp³-hybridized carbons (Fsp3) is 0.529. The van der Waals surface area contributed by atoms with Gasteiger partial charge in [-0.25, -0.2) is 9.18 Å². The largest absolute Gasteiger partial charge is 0.490 e. The Morgan fingerprint density at radius 2 is 1.92 bits per heavy atom. The van der Waals surface area contributed by atoms with E-state index >= 15 is 0 Å². The van der Waals surface area contributed by atoms with Gasteiger partial charge in [0.05, 0.1) is 19.8 Å². The first-order valence-corrected chi connectivity index (χ1v) is 8.04. The molecule has 1 aromatic carbocycles. The summed E-state index contributed by atoms with van der Waals surface area (Å²) in [5, 5.41) is 8.90. The summed E-state index contributed by atoms with van der Waals surface area (Å²) in [6.07, 6.45) is 1.60. The summed E-state index contributed by atoms with van der Waals surface area (Å²) in [7, 11) is 0. The highest BCUT2D eigenvalue weighted by Crippen LogP contribution is 2.27. The third-order valence-electron chi connectivity index (χ3n) is 4.46. The zero-order valence-electron chi connectivity index (χ0n) is 13.2. The molecule has 0 spiro atoms. The molecule has 2 aliphatic heterocycles. The third kappa shape index (κ3) is 3.51. The monoisotopic (exact) mass is 337 g/mol. The van der Waals surface area contributed by atoms with Gasteiger partial charge in [0, 0.05) is 31.4 Å². The van der Waals surface area contributed by atoms with Crippen LogP contribution in [-0.4, -0.2) is 60.0 Å². The molecule has 1 N–H and O–H groups in total. The lowest BCUT2D eigenvalue weighted by Gasteiger charge is -2.23.